The number of nitrogens with one attached hydrogen (secondary N) is 1. The summed E-state index contributed by atoms with van der Waals surface area (Å²) in [5.41, 5.74) is 6.53. The zero-order valence-electron chi connectivity index (χ0n) is 10.6. The Kier molecular flexibility index (Phi) is 2.27. The van der Waals surface area contributed by atoms with Crippen molar-refractivity contribution in [3.63, 3.8) is 0 Å². The normalized spacial score (nSPS) is 15.6. The van der Waals surface area contributed by atoms with Gasteiger partial charge in [-0.1, -0.05) is 48.5 Å². The zero-order chi connectivity index (χ0) is 12.7. The minimum Gasteiger partial charge on any atom is -0.369 e. The van der Waals surface area contributed by atoms with Crippen LogP contribution in [0, 0.1) is 0 Å². The summed E-state index contributed by atoms with van der Waals surface area (Å²) in [6.07, 6.45) is 2.18. The molecule has 0 fully saturated rings. The molecule has 0 saturated heterocycles. The van der Waals surface area contributed by atoms with Crippen LogP contribution >= 0.6 is 0 Å². The molecule has 2 aliphatic rings. The number of rotatable bonds is 1. The molecule has 1 aliphatic carbocycles. The molecule has 19 heavy (non-hydrogen) atoms. The molecule has 0 atom stereocenters. The van der Waals surface area contributed by atoms with Gasteiger partial charge in [-0.3, -0.25) is 4.99 Å². The maximum absolute atomic E-state index is 4.47. The molecular formula is C17H14N2. The van der Waals surface area contributed by atoms with Gasteiger partial charge in [-0.15, -0.1) is 0 Å². The van der Waals surface area contributed by atoms with Gasteiger partial charge in [0.05, 0.1) is 6.54 Å². The maximum atomic E-state index is 4.47. The molecule has 2 heteroatoms. The molecule has 0 amide bonds. The van der Waals surface area contributed by atoms with E-state index in [0.29, 0.717) is 0 Å². The number of hydrogen-bond acceptors (Lipinski definition) is 2. The van der Waals surface area contributed by atoms with E-state index in [0.717, 1.165) is 18.9 Å². The van der Waals surface area contributed by atoms with E-state index in [1.807, 2.05) is 0 Å². The fourth-order valence-corrected chi connectivity index (χ4v) is 2.86. The van der Waals surface area contributed by atoms with E-state index < -0.39 is 0 Å². The van der Waals surface area contributed by atoms with Crippen LogP contribution in [0.1, 0.15) is 11.1 Å². The van der Waals surface area contributed by atoms with Gasteiger partial charge in [0.2, 0.25) is 0 Å². The van der Waals surface area contributed by atoms with Crippen molar-refractivity contribution >= 4 is 11.4 Å². The second-order valence-corrected chi connectivity index (χ2v) is 4.84. The van der Waals surface area contributed by atoms with Crippen LogP contribution in [0.4, 0.5) is 0 Å². The molecule has 1 aliphatic heterocycles. The Morgan fingerprint density at radius 2 is 1.42 bits per heavy atom. The molecule has 0 aromatic heterocycles. The Morgan fingerprint density at radius 3 is 1.95 bits per heavy atom. The Balaban J connectivity index is 1.96. The Bertz CT molecular complexity index is 663. The molecule has 0 unspecified atom stereocenters. The van der Waals surface area contributed by atoms with Crippen molar-refractivity contribution in [3.8, 4) is 11.1 Å². The Hall–Kier alpha value is -2.35. The molecule has 2 aromatic carbocycles. The number of hydrogen-bond donors (Lipinski definition) is 1. The van der Waals surface area contributed by atoms with Crippen LogP contribution in [-0.2, 0) is 0 Å². The first kappa shape index (κ1) is 10.6. The van der Waals surface area contributed by atoms with Gasteiger partial charge in [-0.25, -0.2) is 0 Å². The number of aliphatic imine (C=N–C) groups is 1. The average molecular weight is 246 g/mol. The van der Waals surface area contributed by atoms with E-state index >= 15 is 0 Å². The van der Waals surface area contributed by atoms with E-state index in [1.54, 1.807) is 0 Å². The molecule has 92 valence electrons. The summed E-state index contributed by atoms with van der Waals surface area (Å²) in [5, 5.41) is 3.32. The standard InChI is InChI=1S/C17H14N2/c1-3-7-14-12(5-1)13-6-2-4-8-15(13)16(14)11-17-18-9-10-19-17/h1-8,11H,9-10H2,(H,18,19). The maximum Gasteiger partial charge on any atom is 0.121 e. The van der Waals surface area contributed by atoms with Crippen LogP contribution < -0.4 is 5.32 Å². The minimum absolute atomic E-state index is 0.877. The SMILES string of the molecule is C(=C1c2ccccc2-c2ccccc21)C1=NCCN1. The van der Waals surface area contributed by atoms with Gasteiger partial charge in [0.15, 0.2) is 0 Å². The largest absolute Gasteiger partial charge is 0.369 e. The molecule has 0 bridgehead atoms. The molecule has 1 heterocycles. The lowest BCUT2D eigenvalue weighted by Gasteiger charge is -2.03. The van der Waals surface area contributed by atoms with Gasteiger partial charge >= 0.3 is 0 Å². The zero-order valence-corrected chi connectivity index (χ0v) is 10.6. The Morgan fingerprint density at radius 1 is 0.842 bits per heavy atom. The van der Waals surface area contributed by atoms with Crippen LogP contribution in [0.2, 0.25) is 0 Å². The van der Waals surface area contributed by atoms with Crippen LogP contribution in [0.15, 0.2) is 59.6 Å². The number of benzene rings is 2. The number of fused-ring (bicyclic) bond motifs is 3. The summed E-state index contributed by atoms with van der Waals surface area (Å²) in [6.45, 7) is 1.82. The molecule has 2 nitrogen and oxygen atoms in total. The minimum atomic E-state index is 0.877. The van der Waals surface area contributed by atoms with Crippen molar-refractivity contribution in [3.05, 3.63) is 65.7 Å². The van der Waals surface area contributed by atoms with Crippen molar-refractivity contribution in [2.75, 3.05) is 13.1 Å². The number of amidine groups is 1. The van der Waals surface area contributed by atoms with Gasteiger partial charge in [-0.2, -0.15) is 0 Å². The van der Waals surface area contributed by atoms with E-state index in [1.165, 1.54) is 27.8 Å². The molecule has 1 N–H and O–H groups in total. The van der Waals surface area contributed by atoms with Crippen LogP contribution in [0.3, 0.4) is 0 Å². The van der Waals surface area contributed by atoms with Crippen LogP contribution in [-0.4, -0.2) is 18.9 Å². The van der Waals surface area contributed by atoms with Gasteiger partial charge in [0.1, 0.15) is 5.84 Å². The van der Waals surface area contributed by atoms with E-state index in [9.17, 15) is 0 Å². The van der Waals surface area contributed by atoms with Crippen LogP contribution in [0.25, 0.3) is 16.7 Å². The third kappa shape index (κ3) is 1.60. The van der Waals surface area contributed by atoms with Gasteiger partial charge in [-0.05, 0) is 33.9 Å². The first-order valence-corrected chi connectivity index (χ1v) is 6.63. The van der Waals surface area contributed by atoms with E-state index in [-0.39, 0.29) is 0 Å². The summed E-state index contributed by atoms with van der Waals surface area (Å²) in [4.78, 5) is 4.47. The molecule has 4 rings (SSSR count). The van der Waals surface area contributed by atoms with Crippen LogP contribution in [0.5, 0.6) is 0 Å². The van der Waals surface area contributed by atoms with Crippen molar-refractivity contribution in [1.29, 1.82) is 0 Å². The monoisotopic (exact) mass is 246 g/mol. The predicted octanol–water partition coefficient (Wildman–Crippen LogP) is 3.10. The van der Waals surface area contributed by atoms with Crippen molar-refractivity contribution < 1.29 is 0 Å². The highest BCUT2D eigenvalue weighted by Crippen LogP contribution is 2.43. The van der Waals surface area contributed by atoms with Gasteiger partial charge in [0.25, 0.3) is 0 Å². The van der Waals surface area contributed by atoms with E-state index in [2.05, 4.69) is 64.9 Å². The van der Waals surface area contributed by atoms with Crippen molar-refractivity contribution in [2.45, 2.75) is 0 Å². The second kappa shape index (κ2) is 4.09. The lowest BCUT2D eigenvalue weighted by atomic mass is 10.0. The quantitative estimate of drug-likeness (QED) is 0.701. The molecule has 2 aromatic rings. The highest BCUT2D eigenvalue weighted by molar-refractivity contribution is 6.09. The van der Waals surface area contributed by atoms with Gasteiger partial charge in [0, 0.05) is 6.54 Å². The summed E-state index contributed by atoms with van der Waals surface area (Å²) >= 11 is 0. The predicted molar refractivity (Wildman–Crippen MR) is 79.3 cm³/mol. The number of nitrogens with zero attached hydrogens (tertiary/aromatic N) is 1. The second-order valence-electron chi connectivity index (χ2n) is 4.84. The summed E-state index contributed by atoms with van der Waals surface area (Å²) in [5.74, 6) is 1.00. The van der Waals surface area contributed by atoms with E-state index in [4.69, 9.17) is 0 Å². The first-order chi connectivity index (χ1) is 9.43. The first-order valence-electron chi connectivity index (χ1n) is 6.63. The average Bonchev–Trinajstić information content (AvgIpc) is 3.08. The highest BCUT2D eigenvalue weighted by atomic mass is 15.1. The fraction of sp³-hybridized carbons (Fsp3) is 0.118. The van der Waals surface area contributed by atoms with Gasteiger partial charge < -0.3 is 5.32 Å². The summed E-state index contributed by atoms with van der Waals surface area (Å²) in [7, 11) is 0. The lowest BCUT2D eigenvalue weighted by Crippen LogP contribution is -2.16. The topological polar surface area (TPSA) is 24.4 Å². The highest BCUT2D eigenvalue weighted by Gasteiger charge is 2.22. The third-order valence-corrected chi connectivity index (χ3v) is 3.71. The summed E-state index contributed by atoms with van der Waals surface area (Å²) in [6, 6.07) is 17.2. The molecular weight excluding hydrogens is 232 g/mol. The van der Waals surface area contributed by atoms with Crippen molar-refractivity contribution in [2.24, 2.45) is 4.99 Å². The fourth-order valence-electron chi connectivity index (χ4n) is 2.86. The smallest absolute Gasteiger partial charge is 0.121 e. The summed E-state index contributed by atoms with van der Waals surface area (Å²) < 4.78 is 0. The molecule has 0 saturated carbocycles. The molecule has 0 radical (unpaired) electrons. The molecule has 0 spiro atoms. The Labute approximate surface area is 112 Å². The third-order valence-electron chi connectivity index (χ3n) is 3.71. The van der Waals surface area contributed by atoms with Crippen molar-refractivity contribution in [1.82, 2.24) is 5.32 Å². The lowest BCUT2D eigenvalue weighted by molar-refractivity contribution is 0.961.